The normalized spacial score (nSPS) is 11.8. The van der Waals surface area contributed by atoms with Crippen molar-refractivity contribution in [2.75, 3.05) is 0 Å². The molecule has 196 valence electrons. The van der Waals surface area contributed by atoms with Crippen LogP contribution in [-0.4, -0.2) is 14.1 Å². The lowest BCUT2D eigenvalue weighted by Gasteiger charge is -2.13. The van der Waals surface area contributed by atoms with Gasteiger partial charge in [-0.1, -0.05) is 91.0 Å². The molecule has 0 saturated carbocycles. The molecule has 3 heterocycles. The van der Waals surface area contributed by atoms with E-state index < -0.39 is 0 Å². The van der Waals surface area contributed by atoms with Crippen LogP contribution in [0.25, 0.3) is 77.0 Å². The first-order valence-electron chi connectivity index (χ1n) is 14.3. The van der Waals surface area contributed by atoms with E-state index in [0.717, 1.165) is 33.3 Å². The number of pyridine rings is 1. The van der Waals surface area contributed by atoms with Gasteiger partial charge in [0, 0.05) is 39.3 Å². The Morgan fingerprint density at radius 1 is 0.429 bits per heavy atom. The number of hydrogen-bond acceptors (Lipinski definition) is 1. The second kappa shape index (κ2) is 8.92. The molecule has 0 bridgehead atoms. The van der Waals surface area contributed by atoms with Crippen LogP contribution in [-0.2, 0) is 0 Å². The average molecular weight is 536 g/mol. The van der Waals surface area contributed by atoms with Crippen molar-refractivity contribution < 1.29 is 0 Å². The molecule has 0 aliphatic carbocycles. The van der Waals surface area contributed by atoms with Crippen LogP contribution in [0.1, 0.15) is 0 Å². The van der Waals surface area contributed by atoms with Crippen molar-refractivity contribution in [2.24, 2.45) is 0 Å². The van der Waals surface area contributed by atoms with Gasteiger partial charge in [-0.3, -0.25) is 4.98 Å². The number of benzene rings is 6. The van der Waals surface area contributed by atoms with Crippen LogP contribution in [0.3, 0.4) is 0 Å². The quantitative estimate of drug-likeness (QED) is 0.221. The molecule has 9 aromatic rings. The maximum absolute atomic E-state index is 4.86. The fourth-order valence-corrected chi connectivity index (χ4v) is 6.69. The molecule has 0 aliphatic heterocycles. The van der Waals surface area contributed by atoms with E-state index in [1.165, 1.54) is 43.7 Å². The minimum atomic E-state index is 1.01. The molecule has 0 amide bonds. The zero-order valence-electron chi connectivity index (χ0n) is 22.8. The second-order valence-electron chi connectivity index (χ2n) is 10.9. The lowest BCUT2D eigenvalue weighted by atomic mass is 10.0. The minimum Gasteiger partial charge on any atom is -0.309 e. The van der Waals surface area contributed by atoms with Crippen LogP contribution < -0.4 is 0 Å². The first kappa shape index (κ1) is 23.1. The van der Waals surface area contributed by atoms with Gasteiger partial charge in [0.1, 0.15) is 0 Å². The Hall–Kier alpha value is -5.67. The highest BCUT2D eigenvalue weighted by atomic mass is 15.0. The molecule has 3 aromatic heterocycles. The molecule has 0 aliphatic rings. The van der Waals surface area contributed by atoms with E-state index in [1.807, 2.05) is 12.3 Å². The summed E-state index contributed by atoms with van der Waals surface area (Å²) in [7, 11) is 0. The summed E-state index contributed by atoms with van der Waals surface area (Å²) in [6.45, 7) is 0. The zero-order valence-corrected chi connectivity index (χ0v) is 22.8. The van der Waals surface area contributed by atoms with E-state index in [4.69, 9.17) is 4.98 Å². The van der Waals surface area contributed by atoms with Crippen LogP contribution in [0.4, 0.5) is 0 Å². The summed E-state index contributed by atoms with van der Waals surface area (Å²) in [6.07, 6.45) is 1.89. The third kappa shape index (κ3) is 3.31. The molecule has 0 unspecified atom stereocenters. The fourth-order valence-electron chi connectivity index (χ4n) is 6.69. The van der Waals surface area contributed by atoms with Crippen molar-refractivity contribution in [3.63, 3.8) is 0 Å². The van der Waals surface area contributed by atoms with Crippen LogP contribution in [0, 0.1) is 0 Å². The fraction of sp³-hybridized carbons (Fsp3) is 0. The minimum absolute atomic E-state index is 1.01. The molecule has 0 radical (unpaired) electrons. The van der Waals surface area contributed by atoms with E-state index in [9.17, 15) is 0 Å². The van der Waals surface area contributed by atoms with Gasteiger partial charge in [0.15, 0.2) is 0 Å². The van der Waals surface area contributed by atoms with Gasteiger partial charge in [-0.15, -0.1) is 0 Å². The Morgan fingerprint density at radius 2 is 1.19 bits per heavy atom. The highest BCUT2D eigenvalue weighted by molar-refractivity contribution is 6.15. The molecule has 3 heteroatoms. The topological polar surface area (TPSA) is 22.8 Å². The second-order valence-corrected chi connectivity index (χ2v) is 10.9. The predicted octanol–water partition coefficient (Wildman–Crippen LogP) is 10.1. The van der Waals surface area contributed by atoms with Gasteiger partial charge in [-0.25, -0.2) is 0 Å². The number of aromatic nitrogens is 3. The highest BCUT2D eigenvalue weighted by Gasteiger charge is 2.19. The summed E-state index contributed by atoms with van der Waals surface area (Å²) in [6, 6.07) is 52.3. The largest absolute Gasteiger partial charge is 0.309 e. The van der Waals surface area contributed by atoms with Crippen molar-refractivity contribution in [1.82, 2.24) is 14.1 Å². The van der Waals surface area contributed by atoms with E-state index in [-0.39, 0.29) is 0 Å². The molecule has 0 N–H and O–H groups in total. The van der Waals surface area contributed by atoms with Gasteiger partial charge in [0.05, 0.1) is 27.6 Å². The van der Waals surface area contributed by atoms with Gasteiger partial charge in [-0.2, -0.15) is 0 Å². The Bertz CT molecular complexity index is 2460. The number of rotatable bonds is 3. The highest BCUT2D eigenvalue weighted by Crippen LogP contribution is 2.40. The van der Waals surface area contributed by atoms with Crippen molar-refractivity contribution in [3.8, 4) is 22.5 Å². The first-order chi connectivity index (χ1) is 20.8. The summed E-state index contributed by atoms with van der Waals surface area (Å²) >= 11 is 0. The van der Waals surface area contributed by atoms with E-state index in [0.29, 0.717) is 0 Å². The van der Waals surface area contributed by atoms with E-state index in [2.05, 4.69) is 149 Å². The smallest absolute Gasteiger partial charge is 0.0963 e. The maximum atomic E-state index is 4.86. The lowest BCUT2D eigenvalue weighted by Crippen LogP contribution is -1.96. The van der Waals surface area contributed by atoms with Crippen LogP contribution in [0.5, 0.6) is 0 Å². The third-order valence-electron chi connectivity index (χ3n) is 8.53. The Balaban J connectivity index is 1.36. The van der Waals surface area contributed by atoms with Crippen molar-refractivity contribution >= 4 is 54.5 Å². The Kier molecular flexibility index (Phi) is 4.90. The number of fused-ring (bicyclic) bond motifs is 7. The molecule has 0 spiro atoms. The first-order valence-corrected chi connectivity index (χ1v) is 14.3. The molecule has 3 nitrogen and oxygen atoms in total. The maximum Gasteiger partial charge on any atom is 0.0963 e. The van der Waals surface area contributed by atoms with E-state index in [1.54, 1.807) is 0 Å². The van der Waals surface area contributed by atoms with E-state index >= 15 is 0 Å². The Morgan fingerprint density at radius 3 is 2.12 bits per heavy atom. The summed E-state index contributed by atoms with van der Waals surface area (Å²) in [5.41, 5.74) is 10.4. The molecule has 9 rings (SSSR count). The molecule has 0 saturated heterocycles. The SMILES string of the molecule is c1ccc(-n2c3ccc(-c4cccc5c6ccccc6n(-c6ccc7ccccc7c6)c45)cc3c3ncccc32)cc1. The summed E-state index contributed by atoms with van der Waals surface area (Å²) in [4.78, 5) is 4.86. The van der Waals surface area contributed by atoms with Crippen LogP contribution in [0.2, 0.25) is 0 Å². The van der Waals surface area contributed by atoms with Gasteiger partial charge in [-0.05, 0) is 70.9 Å². The lowest BCUT2D eigenvalue weighted by molar-refractivity contribution is 1.17. The number of nitrogens with zero attached hydrogens (tertiary/aromatic N) is 3. The number of para-hydroxylation sites is 3. The van der Waals surface area contributed by atoms with Gasteiger partial charge in [0.2, 0.25) is 0 Å². The molecule has 6 aromatic carbocycles. The van der Waals surface area contributed by atoms with Crippen LogP contribution in [0.15, 0.2) is 152 Å². The summed E-state index contributed by atoms with van der Waals surface area (Å²) < 4.78 is 4.75. The predicted molar refractivity (Wildman–Crippen MR) is 176 cm³/mol. The van der Waals surface area contributed by atoms with Gasteiger partial charge >= 0.3 is 0 Å². The third-order valence-corrected chi connectivity index (χ3v) is 8.53. The average Bonchev–Trinajstić information content (AvgIpc) is 3.58. The molecular formula is C39H25N3. The molecule has 0 fully saturated rings. The Labute approximate surface area is 242 Å². The molecular weight excluding hydrogens is 510 g/mol. The van der Waals surface area contributed by atoms with Crippen LogP contribution >= 0.6 is 0 Å². The van der Waals surface area contributed by atoms with Gasteiger partial charge < -0.3 is 9.13 Å². The van der Waals surface area contributed by atoms with Crippen molar-refractivity contribution in [2.45, 2.75) is 0 Å². The number of hydrogen-bond donors (Lipinski definition) is 0. The molecule has 0 atom stereocenters. The summed E-state index contributed by atoms with van der Waals surface area (Å²) in [5.74, 6) is 0. The molecule has 42 heavy (non-hydrogen) atoms. The monoisotopic (exact) mass is 535 g/mol. The van der Waals surface area contributed by atoms with Crippen molar-refractivity contribution in [1.29, 1.82) is 0 Å². The standard InChI is InChI=1S/C39H25N3/c1-2-12-29(13-3-1)41-36-22-20-28(25-34(36)38-37(41)18-9-23-40-38)31-15-8-16-33-32-14-6-7-17-35(32)42(39(31)33)30-21-19-26-10-4-5-11-27(26)24-30/h1-25H. The van der Waals surface area contributed by atoms with Gasteiger partial charge in [0.25, 0.3) is 0 Å². The zero-order chi connectivity index (χ0) is 27.6. The summed E-state index contributed by atoms with van der Waals surface area (Å²) in [5, 5.41) is 6.14. The van der Waals surface area contributed by atoms with Crippen molar-refractivity contribution in [3.05, 3.63) is 152 Å².